The van der Waals surface area contributed by atoms with Crippen molar-refractivity contribution in [2.24, 2.45) is 5.92 Å². The van der Waals surface area contributed by atoms with Gasteiger partial charge in [0.2, 0.25) is 0 Å². The van der Waals surface area contributed by atoms with Crippen LogP contribution >= 0.6 is 11.3 Å². The number of carbonyl (C=O) groups is 2. The van der Waals surface area contributed by atoms with Crippen LogP contribution in [0.1, 0.15) is 61.0 Å². The second-order valence-corrected chi connectivity index (χ2v) is 8.53. The highest BCUT2D eigenvalue weighted by molar-refractivity contribution is 7.13. The summed E-state index contributed by atoms with van der Waals surface area (Å²) in [6.45, 7) is 12.8. The third-order valence-electron chi connectivity index (χ3n) is 5.18. The standard InChI is InChI=1S/C20H26N4O3S.C2H6.H2/c1-12-5-6-17(28-12)19(25)23-13(2)16-7-9-24(10-8-16)20(26)27-18-14(3)21-11-22-15(18)4;1-2;/h5-6,11,13,16H,7-10H2,1-4H3,(H,23,25);1-2H3;1H/t13-;;/m1../s1. The van der Waals surface area contributed by atoms with E-state index in [0.717, 1.165) is 22.6 Å². The number of aromatic nitrogens is 2. The Morgan fingerprint density at radius 2 is 1.77 bits per heavy atom. The molecule has 2 aromatic heterocycles. The van der Waals surface area contributed by atoms with Gasteiger partial charge in [-0.1, -0.05) is 13.8 Å². The van der Waals surface area contributed by atoms with Crippen LogP contribution in [-0.4, -0.2) is 46.0 Å². The molecule has 30 heavy (non-hydrogen) atoms. The van der Waals surface area contributed by atoms with Crippen LogP contribution in [0.2, 0.25) is 0 Å². The average molecular weight is 435 g/mol. The Bertz CT molecular complexity index is 846. The van der Waals surface area contributed by atoms with Crippen LogP contribution < -0.4 is 10.1 Å². The molecule has 1 N–H and O–H groups in total. The first-order chi connectivity index (χ1) is 14.3. The largest absolute Gasteiger partial charge is 0.415 e. The van der Waals surface area contributed by atoms with E-state index in [-0.39, 0.29) is 19.5 Å². The zero-order valence-electron chi connectivity index (χ0n) is 18.7. The number of piperidine rings is 1. The number of ether oxygens (including phenoxy) is 1. The highest BCUT2D eigenvalue weighted by atomic mass is 32.1. The molecule has 7 nitrogen and oxygen atoms in total. The summed E-state index contributed by atoms with van der Waals surface area (Å²) in [7, 11) is 0. The van der Waals surface area contributed by atoms with Crippen molar-refractivity contribution < 1.29 is 15.8 Å². The van der Waals surface area contributed by atoms with Gasteiger partial charge in [0.25, 0.3) is 5.91 Å². The predicted molar refractivity (Wildman–Crippen MR) is 121 cm³/mol. The van der Waals surface area contributed by atoms with Gasteiger partial charge in [0.15, 0.2) is 5.75 Å². The highest BCUT2D eigenvalue weighted by Gasteiger charge is 2.29. The number of hydrogen-bond acceptors (Lipinski definition) is 6. The predicted octanol–water partition coefficient (Wildman–Crippen LogP) is 4.76. The van der Waals surface area contributed by atoms with Gasteiger partial charge in [0.1, 0.15) is 6.33 Å². The van der Waals surface area contributed by atoms with Crippen molar-refractivity contribution in [3.05, 3.63) is 39.6 Å². The molecule has 1 aliphatic rings. The molecule has 1 atom stereocenters. The zero-order chi connectivity index (χ0) is 22.3. The van der Waals surface area contributed by atoms with Crippen LogP contribution in [0.4, 0.5) is 4.79 Å². The maximum Gasteiger partial charge on any atom is 0.415 e. The first-order valence-electron chi connectivity index (χ1n) is 10.5. The molecule has 0 aliphatic carbocycles. The van der Waals surface area contributed by atoms with E-state index in [1.807, 2.05) is 39.8 Å². The van der Waals surface area contributed by atoms with E-state index in [9.17, 15) is 9.59 Å². The van der Waals surface area contributed by atoms with Gasteiger partial charge in [-0.25, -0.2) is 14.8 Å². The fraction of sp³-hybridized carbons (Fsp3) is 0.545. The monoisotopic (exact) mass is 434 g/mol. The molecule has 0 unspecified atom stereocenters. The topological polar surface area (TPSA) is 84.4 Å². The molecule has 2 aromatic rings. The maximum atomic E-state index is 12.5. The summed E-state index contributed by atoms with van der Waals surface area (Å²) in [5, 5.41) is 3.10. The van der Waals surface area contributed by atoms with Gasteiger partial charge in [-0.15, -0.1) is 11.3 Å². The van der Waals surface area contributed by atoms with E-state index in [1.54, 1.807) is 18.7 Å². The maximum absolute atomic E-state index is 12.5. The Hall–Kier alpha value is -2.48. The third kappa shape index (κ3) is 6.01. The molecule has 166 valence electrons. The molecule has 1 saturated heterocycles. The Morgan fingerprint density at radius 1 is 1.17 bits per heavy atom. The molecule has 3 heterocycles. The van der Waals surface area contributed by atoms with Crippen molar-refractivity contribution in [3.8, 4) is 5.75 Å². The number of likely N-dealkylation sites (tertiary alicyclic amines) is 1. The number of amides is 2. The normalized spacial score (nSPS) is 15.1. The van der Waals surface area contributed by atoms with Crippen molar-refractivity contribution >= 4 is 23.3 Å². The van der Waals surface area contributed by atoms with Gasteiger partial charge in [-0.2, -0.15) is 0 Å². The van der Waals surface area contributed by atoms with Crippen LogP contribution in [0.15, 0.2) is 18.5 Å². The lowest BCUT2D eigenvalue weighted by atomic mass is 9.90. The van der Waals surface area contributed by atoms with E-state index in [4.69, 9.17) is 4.74 Å². The quantitative estimate of drug-likeness (QED) is 0.750. The molecule has 1 fully saturated rings. The van der Waals surface area contributed by atoms with Gasteiger partial charge >= 0.3 is 6.09 Å². The summed E-state index contributed by atoms with van der Waals surface area (Å²) in [6.07, 6.45) is 2.73. The molecule has 8 heteroatoms. The van der Waals surface area contributed by atoms with Crippen molar-refractivity contribution in [2.45, 2.75) is 60.4 Å². The lowest BCUT2D eigenvalue weighted by molar-refractivity contribution is 0.0899. The zero-order valence-corrected chi connectivity index (χ0v) is 19.5. The average Bonchev–Trinajstić information content (AvgIpc) is 3.19. The lowest BCUT2D eigenvalue weighted by Gasteiger charge is -2.34. The number of nitrogens with zero attached hydrogens (tertiary/aromatic N) is 3. The molecular weight excluding hydrogens is 400 g/mol. The van der Waals surface area contributed by atoms with Crippen LogP contribution in [0.5, 0.6) is 5.75 Å². The number of hydrogen-bond donors (Lipinski definition) is 1. The van der Waals surface area contributed by atoms with Crippen LogP contribution in [-0.2, 0) is 0 Å². The molecule has 0 spiro atoms. The Morgan fingerprint density at radius 3 is 2.30 bits per heavy atom. The number of thiophene rings is 1. The van der Waals surface area contributed by atoms with Gasteiger partial charge in [0, 0.05) is 25.4 Å². The lowest BCUT2D eigenvalue weighted by Crippen LogP contribution is -2.46. The minimum atomic E-state index is -0.370. The molecular formula is C22H34N4O3S. The van der Waals surface area contributed by atoms with Crippen LogP contribution in [0.25, 0.3) is 0 Å². The highest BCUT2D eigenvalue weighted by Crippen LogP contribution is 2.24. The summed E-state index contributed by atoms with van der Waals surface area (Å²) in [5.74, 6) is 0.738. The first-order valence-corrected chi connectivity index (χ1v) is 11.3. The Labute approximate surface area is 184 Å². The molecule has 0 radical (unpaired) electrons. The van der Waals surface area contributed by atoms with Crippen molar-refractivity contribution in [1.82, 2.24) is 20.2 Å². The minimum absolute atomic E-state index is 0. The molecule has 0 bridgehead atoms. The molecule has 0 saturated carbocycles. The van der Waals surface area contributed by atoms with Gasteiger partial charge < -0.3 is 15.0 Å². The van der Waals surface area contributed by atoms with E-state index in [0.29, 0.717) is 36.1 Å². The van der Waals surface area contributed by atoms with Crippen LogP contribution in [0.3, 0.4) is 0 Å². The second-order valence-electron chi connectivity index (χ2n) is 7.24. The van der Waals surface area contributed by atoms with Crippen LogP contribution in [0, 0.1) is 26.7 Å². The Kier molecular flexibility index (Phi) is 8.77. The van der Waals surface area contributed by atoms with Crippen molar-refractivity contribution in [3.63, 3.8) is 0 Å². The summed E-state index contributed by atoms with van der Waals surface area (Å²) < 4.78 is 5.53. The fourth-order valence-corrected chi connectivity index (χ4v) is 4.19. The van der Waals surface area contributed by atoms with E-state index in [1.165, 1.54) is 17.7 Å². The molecule has 0 aromatic carbocycles. The number of rotatable bonds is 4. The van der Waals surface area contributed by atoms with E-state index >= 15 is 0 Å². The van der Waals surface area contributed by atoms with Gasteiger partial charge in [-0.05, 0) is 58.6 Å². The van der Waals surface area contributed by atoms with Crippen molar-refractivity contribution in [2.75, 3.05) is 13.1 Å². The summed E-state index contributed by atoms with van der Waals surface area (Å²) in [6, 6.07) is 3.87. The summed E-state index contributed by atoms with van der Waals surface area (Å²) in [5.41, 5.74) is 1.30. The molecule has 3 rings (SSSR count). The van der Waals surface area contributed by atoms with Crippen molar-refractivity contribution in [1.29, 1.82) is 0 Å². The fourth-order valence-electron chi connectivity index (χ4n) is 3.42. The Balaban J connectivity index is 0.00000156. The third-order valence-corrected chi connectivity index (χ3v) is 6.18. The van der Waals surface area contributed by atoms with E-state index in [2.05, 4.69) is 15.3 Å². The number of nitrogens with one attached hydrogen (secondary N) is 1. The second kappa shape index (κ2) is 11.1. The summed E-state index contributed by atoms with van der Waals surface area (Å²) >= 11 is 1.50. The van der Waals surface area contributed by atoms with E-state index < -0.39 is 0 Å². The minimum Gasteiger partial charge on any atom is -0.406 e. The van der Waals surface area contributed by atoms with Gasteiger partial charge in [0.05, 0.1) is 16.3 Å². The van der Waals surface area contributed by atoms with Gasteiger partial charge in [-0.3, -0.25) is 4.79 Å². The number of carbonyl (C=O) groups excluding carboxylic acids is 2. The number of aryl methyl sites for hydroxylation is 3. The SMILES string of the molecule is CC.Cc1ccc(C(=O)N[C@H](C)C2CCN(C(=O)Oc3c(C)ncnc3C)CC2)s1.[HH]. The summed E-state index contributed by atoms with van der Waals surface area (Å²) in [4.78, 5) is 36.6. The molecule has 2 amide bonds. The smallest absolute Gasteiger partial charge is 0.406 e. The molecule has 1 aliphatic heterocycles. The first kappa shape index (κ1) is 23.8.